The van der Waals surface area contributed by atoms with Gasteiger partial charge < -0.3 is 10.2 Å². The molecular formula is C12H13N5OS. The van der Waals surface area contributed by atoms with Crippen molar-refractivity contribution in [2.75, 3.05) is 0 Å². The van der Waals surface area contributed by atoms with E-state index in [1.165, 1.54) is 17.3 Å². The molecule has 1 aliphatic carbocycles. The van der Waals surface area contributed by atoms with E-state index in [4.69, 9.17) is 15.6 Å². The van der Waals surface area contributed by atoms with Crippen molar-refractivity contribution < 1.29 is 4.42 Å². The lowest BCUT2D eigenvalue weighted by molar-refractivity contribution is 0.429. The third kappa shape index (κ3) is 2.33. The molecule has 7 heteroatoms. The van der Waals surface area contributed by atoms with Gasteiger partial charge in [-0.25, -0.2) is 4.98 Å². The van der Waals surface area contributed by atoms with Gasteiger partial charge in [-0.1, -0.05) is 0 Å². The minimum atomic E-state index is 0.0148. The van der Waals surface area contributed by atoms with Gasteiger partial charge in [0, 0.05) is 18.2 Å². The number of pyridine rings is 1. The third-order valence-electron chi connectivity index (χ3n) is 3.00. The number of nitrogens with zero attached hydrogens (tertiary/aromatic N) is 3. The highest BCUT2D eigenvalue weighted by Crippen LogP contribution is 2.31. The van der Waals surface area contributed by atoms with Crippen LogP contribution in [0, 0.1) is 12.3 Å². The molecule has 2 heterocycles. The predicted molar refractivity (Wildman–Crippen MR) is 70.4 cm³/mol. The highest BCUT2D eigenvalue weighted by molar-refractivity contribution is 7.99. The summed E-state index contributed by atoms with van der Waals surface area (Å²) in [5.74, 6) is 0.522. The Bertz CT molecular complexity index is 652. The Hall–Kier alpha value is -1.89. The number of aromatic nitrogens is 3. The van der Waals surface area contributed by atoms with Crippen LogP contribution in [0.4, 0.5) is 0 Å². The minimum Gasteiger partial charge on any atom is -0.416 e. The Morgan fingerprint density at radius 2 is 2.26 bits per heavy atom. The van der Waals surface area contributed by atoms with Crippen LogP contribution < -0.4 is 5.73 Å². The van der Waals surface area contributed by atoms with Gasteiger partial charge in [0.05, 0.1) is 0 Å². The van der Waals surface area contributed by atoms with E-state index in [1.54, 1.807) is 6.92 Å². The monoisotopic (exact) mass is 275 g/mol. The molecule has 2 aromatic heterocycles. The molecule has 0 spiro atoms. The second-order valence-corrected chi connectivity index (χ2v) is 5.34. The van der Waals surface area contributed by atoms with Gasteiger partial charge in [-0.15, -0.1) is 10.2 Å². The number of amidine groups is 1. The lowest BCUT2D eigenvalue weighted by atomic mass is 10.1. The molecule has 0 bridgehead atoms. The molecule has 3 N–H and O–H groups in total. The second-order valence-electron chi connectivity index (χ2n) is 4.40. The van der Waals surface area contributed by atoms with Crippen molar-refractivity contribution in [1.82, 2.24) is 15.2 Å². The molecule has 3 rings (SSSR count). The van der Waals surface area contributed by atoms with Crippen molar-refractivity contribution in [3.05, 3.63) is 28.8 Å². The summed E-state index contributed by atoms with van der Waals surface area (Å²) in [7, 11) is 0. The molecule has 98 valence electrons. The Morgan fingerprint density at radius 1 is 1.42 bits per heavy atom. The Labute approximate surface area is 114 Å². The minimum absolute atomic E-state index is 0.0148. The van der Waals surface area contributed by atoms with Gasteiger partial charge in [0.25, 0.3) is 5.22 Å². The van der Waals surface area contributed by atoms with Crippen LogP contribution in [0.25, 0.3) is 0 Å². The van der Waals surface area contributed by atoms with Crippen LogP contribution in [0.2, 0.25) is 0 Å². The molecular weight excluding hydrogens is 262 g/mol. The molecule has 0 aliphatic heterocycles. The number of hydrogen-bond donors (Lipinski definition) is 2. The number of nitrogens with one attached hydrogen (secondary N) is 1. The van der Waals surface area contributed by atoms with E-state index in [-0.39, 0.29) is 5.84 Å². The highest BCUT2D eigenvalue weighted by Gasteiger charge is 2.19. The molecule has 2 aromatic rings. The maximum absolute atomic E-state index is 7.67. The maximum atomic E-state index is 7.67. The van der Waals surface area contributed by atoms with Gasteiger partial charge >= 0.3 is 0 Å². The predicted octanol–water partition coefficient (Wildman–Crippen LogP) is 1.70. The van der Waals surface area contributed by atoms with Crippen molar-refractivity contribution in [3.63, 3.8) is 0 Å². The molecule has 6 nitrogen and oxygen atoms in total. The summed E-state index contributed by atoms with van der Waals surface area (Å²) in [5, 5.41) is 16.5. The SMILES string of the molecule is Cc1nnc(Sc2nc3c(cc2C(=N)N)CCC3)o1. The fourth-order valence-corrected chi connectivity index (χ4v) is 2.97. The number of rotatable bonds is 3. The maximum Gasteiger partial charge on any atom is 0.282 e. The van der Waals surface area contributed by atoms with Crippen molar-refractivity contribution in [2.24, 2.45) is 5.73 Å². The molecule has 0 fully saturated rings. The van der Waals surface area contributed by atoms with Crippen LogP contribution in [0.3, 0.4) is 0 Å². The highest BCUT2D eigenvalue weighted by atomic mass is 32.2. The summed E-state index contributed by atoms with van der Waals surface area (Å²) >= 11 is 1.26. The van der Waals surface area contributed by atoms with Gasteiger partial charge in [-0.3, -0.25) is 5.41 Å². The summed E-state index contributed by atoms with van der Waals surface area (Å²) in [6.45, 7) is 1.74. The fraction of sp³-hybridized carbons (Fsp3) is 0.333. The van der Waals surface area contributed by atoms with Gasteiger partial charge in [-0.05, 0) is 42.7 Å². The van der Waals surface area contributed by atoms with Crippen molar-refractivity contribution in [3.8, 4) is 0 Å². The van der Waals surface area contributed by atoms with E-state index in [0.717, 1.165) is 25.0 Å². The van der Waals surface area contributed by atoms with Crippen LogP contribution in [0.15, 0.2) is 20.7 Å². The largest absolute Gasteiger partial charge is 0.416 e. The number of nitrogen functional groups attached to an aromatic ring is 1. The lowest BCUT2D eigenvalue weighted by Crippen LogP contribution is -2.14. The summed E-state index contributed by atoms with van der Waals surface area (Å²) < 4.78 is 5.33. The zero-order valence-electron chi connectivity index (χ0n) is 10.4. The summed E-state index contributed by atoms with van der Waals surface area (Å²) in [5.41, 5.74) is 8.55. The van der Waals surface area contributed by atoms with Crippen molar-refractivity contribution >= 4 is 17.6 Å². The van der Waals surface area contributed by atoms with Gasteiger partial charge in [0.1, 0.15) is 10.9 Å². The number of hydrogen-bond acceptors (Lipinski definition) is 6. The smallest absolute Gasteiger partial charge is 0.282 e. The number of aryl methyl sites for hydroxylation is 3. The van der Waals surface area contributed by atoms with Crippen LogP contribution in [0.5, 0.6) is 0 Å². The topological polar surface area (TPSA) is 102 Å². The number of nitrogens with two attached hydrogens (primary N) is 1. The van der Waals surface area contributed by atoms with Gasteiger partial charge in [-0.2, -0.15) is 0 Å². The molecule has 0 saturated carbocycles. The Kier molecular flexibility index (Phi) is 2.98. The van der Waals surface area contributed by atoms with Crippen molar-refractivity contribution in [2.45, 2.75) is 36.4 Å². The summed E-state index contributed by atoms with van der Waals surface area (Å²) in [4.78, 5) is 4.59. The van der Waals surface area contributed by atoms with Gasteiger partial charge in [0.2, 0.25) is 5.89 Å². The van der Waals surface area contributed by atoms with Crippen LogP contribution >= 0.6 is 11.8 Å². The van der Waals surface area contributed by atoms with E-state index in [2.05, 4.69) is 15.2 Å². The first-order valence-electron chi connectivity index (χ1n) is 5.98. The van der Waals surface area contributed by atoms with Crippen LogP contribution in [-0.2, 0) is 12.8 Å². The molecule has 0 unspecified atom stereocenters. The molecule has 1 aliphatic rings. The summed E-state index contributed by atoms with van der Waals surface area (Å²) in [6, 6.07) is 1.96. The molecule has 19 heavy (non-hydrogen) atoms. The normalized spacial score (nSPS) is 13.5. The summed E-state index contributed by atoms with van der Waals surface area (Å²) in [6.07, 6.45) is 3.09. The first kappa shape index (κ1) is 12.2. The quantitative estimate of drug-likeness (QED) is 0.653. The average molecular weight is 275 g/mol. The fourth-order valence-electron chi connectivity index (χ4n) is 2.13. The first-order valence-corrected chi connectivity index (χ1v) is 6.80. The van der Waals surface area contributed by atoms with E-state index in [9.17, 15) is 0 Å². The number of fused-ring (bicyclic) bond motifs is 1. The van der Waals surface area contributed by atoms with E-state index >= 15 is 0 Å². The molecule has 0 aromatic carbocycles. The molecule has 0 radical (unpaired) electrons. The zero-order valence-corrected chi connectivity index (χ0v) is 11.3. The zero-order chi connectivity index (χ0) is 13.4. The van der Waals surface area contributed by atoms with Gasteiger partial charge in [0.15, 0.2) is 0 Å². The van der Waals surface area contributed by atoms with Crippen LogP contribution in [-0.4, -0.2) is 21.0 Å². The lowest BCUT2D eigenvalue weighted by Gasteiger charge is -2.08. The second kappa shape index (κ2) is 4.65. The standard InChI is InChI=1S/C12H13N5OS/c1-6-16-17-12(18-6)19-11-8(10(13)14)5-7-3-2-4-9(7)15-11/h5H,2-4H2,1H3,(H3,13,14). The van der Waals surface area contributed by atoms with E-state index in [0.29, 0.717) is 21.7 Å². The third-order valence-corrected chi connectivity index (χ3v) is 3.84. The molecule has 0 amide bonds. The average Bonchev–Trinajstić information content (AvgIpc) is 2.96. The Balaban J connectivity index is 2.01. The Morgan fingerprint density at radius 3 is 2.95 bits per heavy atom. The molecule has 0 atom stereocenters. The van der Waals surface area contributed by atoms with E-state index in [1.807, 2.05) is 6.07 Å². The van der Waals surface area contributed by atoms with Crippen molar-refractivity contribution in [1.29, 1.82) is 5.41 Å². The molecule has 0 saturated heterocycles. The van der Waals surface area contributed by atoms with Crippen LogP contribution in [0.1, 0.15) is 29.1 Å². The first-order chi connectivity index (χ1) is 9.13. The van der Waals surface area contributed by atoms with E-state index < -0.39 is 0 Å².